The molecular formula is C25H24N6O3S. The van der Waals surface area contributed by atoms with E-state index in [4.69, 9.17) is 12.2 Å². The molecular weight excluding hydrogens is 464 g/mol. The van der Waals surface area contributed by atoms with Crippen LogP contribution in [0.1, 0.15) is 46.8 Å². The van der Waals surface area contributed by atoms with Gasteiger partial charge in [-0.2, -0.15) is 4.80 Å². The molecule has 0 spiro atoms. The predicted octanol–water partition coefficient (Wildman–Crippen LogP) is 5.20. The number of hydrogen-bond donors (Lipinski definition) is 2. The molecule has 2 N–H and O–H groups in total. The molecule has 0 fully saturated rings. The van der Waals surface area contributed by atoms with Gasteiger partial charge in [0.2, 0.25) is 0 Å². The third-order valence-corrected chi connectivity index (χ3v) is 5.94. The molecule has 178 valence electrons. The zero-order valence-electron chi connectivity index (χ0n) is 19.7. The maximum Gasteiger partial charge on any atom is 0.273 e. The van der Waals surface area contributed by atoms with Crippen molar-refractivity contribution in [1.82, 2.24) is 20.3 Å². The molecule has 0 bridgehead atoms. The van der Waals surface area contributed by atoms with Crippen LogP contribution >= 0.6 is 12.2 Å². The van der Waals surface area contributed by atoms with E-state index in [1.165, 1.54) is 30.7 Å². The lowest BCUT2D eigenvalue weighted by Gasteiger charge is -2.12. The summed E-state index contributed by atoms with van der Waals surface area (Å²) in [5, 5.41) is 26.0. The van der Waals surface area contributed by atoms with E-state index in [0.717, 1.165) is 16.8 Å². The number of aromatic nitrogens is 3. The number of hydrogen-bond acceptors (Lipinski definition) is 6. The molecule has 0 aliphatic carbocycles. The van der Waals surface area contributed by atoms with Crippen molar-refractivity contribution in [1.29, 1.82) is 0 Å². The van der Waals surface area contributed by atoms with Gasteiger partial charge in [-0.05, 0) is 73.4 Å². The Morgan fingerprint density at radius 3 is 2.34 bits per heavy atom. The number of rotatable bonds is 5. The summed E-state index contributed by atoms with van der Waals surface area (Å²) in [7, 11) is 0. The number of benzene rings is 3. The molecule has 1 amide bonds. The van der Waals surface area contributed by atoms with Gasteiger partial charge in [0.1, 0.15) is 11.0 Å². The average Bonchev–Trinajstić information content (AvgIpc) is 3.21. The Morgan fingerprint density at radius 1 is 1.06 bits per heavy atom. The average molecular weight is 489 g/mol. The fourth-order valence-electron chi connectivity index (χ4n) is 3.70. The van der Waals surface area contributed by atoms with E-state index in [9.17, 15) is 14.9 Å². The maximum atomic E-state index is 12.7. The topological polar surface area (TPSA) is 115 Å². The zero-order valence-corrected chi connectivity index (χ0v) is 20.5. The first kappa shape index (κ1) is 24.0. The Labute approximate surface area is 207 Å². The van der Waals surface area contributed by atoms with Crippen LogP contribution in [0.2, 0.25) is 0 Å². The van der Waals surface area contributed by atoms with Crippen molar-refractivity contribution in [2.45, 2.75) is 33.6 Å². The van der Waals surface area contributed by atoms with Crippen LogP contribution in [0.4, 0.5) is 11.4 Å². The molecule has 0 unspecified atom stereocenters. The molecule has 0 saturated carbocycles. The van der Waals surface area contributed by atoms with Crippen LogP contribution in [-0.4, -0.2) is 30.9 Å². The molecule has 4 rings (SSSR count). The van der Waals surface area contributed by atoms with Crippen molar-refractivity contribution in [2.24, 2.45) is 0 Å². The third kappa shape index (κ3) is 5.02. The number of nitrogens with zero attached hydrogens (tertiary/aromatic N) is 4. The summed E-state index contributed by atoms with van der Waals surface area (Å²) in [4.78, 5) is 24.9. The molecule has 0 atom stereocenters. The van der Waals surface area contributed by atoms with E-state index in [1.54, 1.807) is 4.80 Å². The maximum absolute atomic E-state index is 12.7. The molecule has 0 aliphatic heterocycles. The van der Waals surface area contributed by atoms with Crippen molar-refractivity contribution >= 4 is 45.6 Å². The summed E-state index contributed by atoms with van der Waals surface area (Å²) in [6, 6.07) is 16.1. The number of nitro groups is 1. The minimum absolute atomic E-state index is 0.0695. The Balaban J connectivity index is 1.53. The highest BCUT2D eigenvalue weighted by atomic mass is 32.1. The van der Waals surface area contributed by atoms with Crippen LogP contribution in [-0.2, 0) is 0 Å². The normalized spacial score (nSPS) is 11.0. The summed E-state index contributed by atoms with van der Waals surface area (Å²) >= 11 is 5.32. The largest absolute Gasteiger partial charge is 0.332 e. The second-order valence-electron chi connectivity index (χ2n) is 8.51. The summed E-state index contributed by atoms with van der Waals surface area (Å²) in [6.45, 7) is 7.71. The molecule has 3 aromatic carbocycles. The van der Waals surface area contributed by atoms with Crippen molar-refractivity contribution in [3.05, 3.63) is 87.0 Å². The fraction of sp³-hybridized carbons (Fsp3) is 0.200. The number of nitrogens with one attached hydrogen (secondary N) is 2. The van der Waals surface area contributed by atoms with Gasteiger partial charge in [-0.15, -0.1) is 10.2 Å². The predicted molar refractivity (Wildman–Crippen MR) is 139 cm³/mol. The van der Waals surface area contributed by atoms with Crippen LogP contribution in [0.15, 0.2) is 54.6 Å². The lowest BCUT2D eigenvalue weighted by molar-refractivity contribution is -0.385. The summed E-state index contributed by atoms with van der Waals surface area (Å²) in [6.07, 6.45) is 0. The molecule has 1 aromatic heterocycles. The molecule has 9 nitrogen and oxygen atoms in total. The number of aryl methyl sites for hydroxylation is 1. The summed E-state index contributed by atoms with van der Waals surface area (Å²) in [5.74, 6) is -0.0894. The van der Waals surface area contributed by atoms with Crippen LogP contribution in [0.3, 0.4) is 0 Å². The van der Waals surface area contributed by atoms with Crippen molar-refractivity contribution in [3.63, 3.8) is 0 Å². The van der Waals surface area contributed by atoms with Crippen LogP contribution in [0.25, 0.3) is 16.7 Å². The number of fused-ring (bicyclic) bond motifs is 1. The Kier molecular flexibility index (Phi) is 6.57. The Morgan fingerprint density at radius 2 is 1.71 bits per heavy atom. The van der Waals surface area contributed by atoms with Crippen LogP contribution < -0.4 is 10.6 Å². The number of carbonyl (C=O) groups excluding carboxylic acids is 1. The van der Waals surface area contributed by atoms with E-state index >= 15 is 0 Å². The van der Waals surface area contributed by atoms with E-state index in [2.05, 4.69) is 46.8 Å². The van der Waals surface area contributed by atoms with Crippen molar-refractivity contribution < 1.29 is 9.72 Å². The molecule has 35 heavy (non-hydrogen) atoms. The van der Waals surface area contributed by atoms with Gasteiger partial charge in [-0.25, -0.2) is 0 Å². The number of nitro benzene ring substituents is 1. The zero-order chi connectivity index (χ0) is 25.3. The first-order valence-electron chi connectivity index (χ1n) is 11.0. The van der Waals surface area contributed by atoms with E-state index < -0.39 is 10.8 Å². The van der Waals surface area contributed by atoms with Gasteiger partial charge >= 0.3 is 0 Å². The highest BCUT2D eigenvalue weighted by Gasteiger charge is 2.19. The Hall–Kier alpha value is -4.18. The quantitative estimate of drug-likeness (QED) is 0.225. The molecule has 4 aromatic rings. The smallest absolute Gasteiger partial charge is 0.273 e. The molecule has 1 heterocycles. The van der Waals surface area contributed by atoms with Gasteiger partial charge in [0.05, 0.1) is 10.6 Å². The van der Waals surface area contributed by atoms with Gasteiger partial charge in [0.15, 0.2) is 5.11 Å². The van der Waals surface area contributed by atoms with Crippen molar-refractivity contribution in [3.8, 4) is 5.69 Å². The van der Waals surface area contributed by atoms with Crippen molar-refractivity contribution in [2.75, 3.05) is 5.32 Å². The summed E-state index contributed by atoms with van der Waals surface area (Å²) in [5.41, 5.74) is 5.34. The minimum Gasteiger partial charge on any atom is -0.332 e. The second-order valence-corrected chi connectivity index (χ2v) is 8.91. The Bertz CT molecular complexity index is 1460. The first-order chi connectivity index (χ1) is 16.6. The fourth-order valence-corrected chi connectivity index (χ4v) is 3.90. The molecule has 0 radical (unpaired) electrons. The third-order valence-electron chi connectivity index (χ3n) is 5.74. The lowest BCUT2D eigenvalue weighted by Crippen LogP contribution is -2.34. The van der Waals surface area contributed by atoms with Gasteiger partial charge in [-0.1, -0.05) is 32.0 Å². The first-order valence-corrected chi connectivity index (χ1v) is 11.4. The molecule has 0 aliphatic rings. The second kappa shape index (κ2) is 9.59. The standard InChI is InChI=1S/C25H24N6O3S/c1-14(2)17-8-10-18(11-9-17)30-28-21-12-15(3)20(13-22(21)29-30)26-25(35)27-24(32)19-6-5-7-23(16(19)4)31(33)34/h5-14H,1-4H3,(H2,26,27,32,35). The van der Waals surface area contributed by atoms with Crippen LogP contribution in [0, 0.1) is 24.0 Å². The highest BCUT2D eigenvalue weighted by Crippen LogP contribution is 2.24. The van der Waals surface area contributed by atoms with Gasteiger partial charge in [-0.3, -0.25) is 20.2 Å². The monoisotopic (exact) mass is 488 g/mol. The highest BCUT2D eigenvalue weighted by molar-refractivity contribution is 7.80. The number of carbonyl (C=O) groups is 1. The van der Waals surface area contributed by atoms with E-state index in [0.29, 0.717) is 17.1 Å². The van der Waals surface area contributed by atoms with Gasteiger partial charge in [0.25, 0.3) is 11.6 Å². The van der Waals surface area contributed by atoms with Crippen LogP contribution in [0.5, 0.6) is 0 Å². The van der Waals surface area contributed by atoms with Gasteiger partial charge < -0.3 is 5.32 Å². The van der Waals surface area contributed by atoms with E-state index in [-0.39, 0.29) is 21.9 Å². The number of thiocarbonyl (C=S) groups is 1. The number of amides is 1. The number of anilines is 1. The summed E-state index contributed by atoms with van der Waals surface area (Å²) < 4.78 is 0. The van der Waals surface area contributed by atoms with E-state index in [1.807, 2.05) is 31.2 Å². The van der Waals surface area contributed by atoms with Gasteiger partial charge in [0, 0.05) is 22.9 Å². The minimum atomic E-state index is -0.529. The lowest BCUT2D eigenvalue weighted by atomic mass is 10.0. The SMILES string of the molecule is Cc1cc2nn(-c3ccc(C(C)C)cc3)nc2cc1NC(=S)NC(=O)c1cccc([N+](=O)[O-])c1C. The molecule has 10 heteroatoms. The molecule has 0 saturated heterocycles.